The molecule has 35 heavy (non-hydrogen) atoms. The summed E-state index contributed by atoms with van der Waals surface area (Å²) < 4.78 is 0. The van der Waals surface area contributed by atoms with E-state index in [4.69, 9.17) is 0 Å². The molecule has 1 aromatic carbocycles. The molecule has 4 rings (SSSR count). The van der Waals surface area contributed by atoms with E-state index in [0.29, 0.717) is 31.3 Å². The fourth-order valence-electron chi connectivity index (χ4n) is 4.84. The average Bonchev–Trinajstić information content (AvgIpc) is 3.14. The van der Waals surface area contributed by atoms with E-state index in [-0.39, 0.29) is 35.5 Å². The fraction of sp³-hybridized carbons (Fsp3) is 0.393. The van der Waals surface area contributed by atoms with Crippen molar-refractivity contribution in [3.8, 4) is 5.75 Å². The van der Waals surface area contributed by atoms with Gasteiger partial charge in [-0.15, -0.1) is 0 Å². The number of ketones is 1. The van der Waals surface area contributed by atoms with Gasteiger partial charge in [0.2, 0.25) is 11.8 Å². The highest BCUT2D eigenvalue weighted by molar-refractivity contribution is 6.12. The molecule has 2 aliphatic rings. The number of rotatable bonds is 6. The van der Waals surface area contributed by atoms with Gasteiger partial charge in [0.05, 0.1) is 11.2 Å². The number of aromatic nitrogens is 1. The van der Waals surface area contributed by atoms with Crippen LogP contribution in [0.25, 0.3) is 10.9 Å². The van der Waals surface area contributed by atoms with E-state index in [1.807, 2.05) is 46.0 Å². The van der Waals surface area contributed by atoms with Crippen LogP contribution in [0.15, 0.2) is 52.9 Å². The zero-order valence-corrected chi connectivity index (χ0v) is 20.7. The molecule has 2 heterocycles. The highest BCUT2D eigenvalue weighted by Crippen LogP contribution is 2.33. The van der Waals surface area contributed by atoms with Crippen molar-refractivity contribution in [2.24, 2.45) is 5.92 Å². The zero-order chi connectivity index (χ0) is 25.3. The predicted octanol–water partition coefficient (Wildman–Crippen LogP) is 4.13. The fourth-order valence-corrected chi connectivity index (χ4v) is 4.84. The van der Waals surface area contributed by atoms with Gasteiger partial charge in [-0.25, -0.2) is 0 Å². The number of carbonyl (C=O) groups is 3. The lowest BCUT2D eigenvalue weighted by atomic mass is 9.82. The van der Waals surface area contributed by atoms with E-state index in [9.17, 15) is 19.5 Å². The number of aromatic amines is 1. The number of allylic oxidation sites excluding steroid dienone is 5. The van der Waals surface area contributed by atoms with Crippen LogP contribution in [0.4, 0.5) is 0 Å². The third kappa shape index (κ3) is 5.09. The first-order valence-corrected chi connectivity index (χ1v) is 12.1. The summed E-state index contributed by atoms with van der Waals surface area (Å²) in [6.07, 6.45) is 8.34. The number of benzene rings is 1. The topological polar surface area (TPSA) is 111 Å². The molecule has 0 fully saturated rings. The van der Waals surface area contributed by atoms with Crippen LogP contribution in [0.1, 0.15) is 58.1 Å². The second kappa shape index (κ2) is 9.94. The van der Waals surface area contributed by atoms with Gasteiger partial charge in [-0.2, -0.15) is 0 Å². The van der Waals surface area contributed by atoms with Crippen molar-refractivity contribution in [1.82, 2.24) is 15.6 Å². The first-order chi connectivity index (χ1) is 16.7. The maximum Gasteiger partial charge on any atom is 0.250 e. The summed E-state index contributed by atoms with van der Waals surface area (Å²) in [4.78, 5) is 42.2. The molecule has 0 saturated carbocycles. The first-order valence-electron chi connectivity index (χ1n) is 12.1. The largest absolute Gasteiger partial charge is 0.508 e. The van der Waals surface area contributed by atoms with Crippen LogP contribution in [-0.2, 0) is 27.2 Å². The standard InChI is InChI=1S/C28H33N3O4/c1-15(2)5-7-17-8-11-23(33)26-24(17)28(35)30-21(27(34)31-26)13-18-14-29-25-19(18)10-12-22(32)20(25)9-6-16(3)4/h5-6,10,12,14,17,21,29,32H,7-9,11,13H2,1-4H3,(H,30,35)(H,31,34). The molecule has 1 aliphatic heterocycles. The van der Waals surface area contributed by atoms with Gasteiger partial charge in [-0.1, -0.05) is 23.3 Å². The minimum absolute atomic E-state index is 0.106. The van der Waals surface area contributed by atoms with Gasteiger partial charge in [0.15, 0.2) is 5.78 Å². The van der Waals surface area contributed by atoms with E-state index >= 15 is 0 Å². The van der Waals surface area contributed by atoms with E-state index < -0.39 is 11.9 Å². The minimum Gasteiger partial charge on any atom is -0.508 e. The van der Waals surface area contributed by atoms with Crippen molar-refractivity contribution in [1.29, 1.82) is 0 Å². The van der Waals surface area contributed by atoms with E-state index in [1.165, 1.54) is 0 Å². The molecular formula is C28H33N3O4. The van der Waals surface area contributed by atoms with Crippen molar-refractivity contribution in [3.05, 3.63) is 64.0 Å². The number of H-pyrrole nitrogens is 1. The summed E-state index contributed by atoms with van der Waals surface area (Å²) in [6, 6.07) is 2.66. The summed E-state index contributed by atoms with van der Waals surface area (Å²) in [5.74, 6) is -0.834. The van der Waals surface area contributed by atoms with Crippen molar-refractivity contribution in [2.75, 3.05) is 0 Å². The summed E-state index contributed by atoms with van der Waals surface area (Å²) in [6.45, 7) is 8.02. The normalized spacial score (nSPS) is 20.2. The lowest BCUT2D eigenvalue weighted by Crippen LogP contribution is -2.45. The second-order valence-electron chi connectivity index (χ2n) is 9.97. The van der Waals surface area contributed by atoms with Crippen LogP contribution >= 0.6 is 0 Å². The SMILES string of the molecule is CC(C)=CCc1c(O)ccc2c(CC3NC(=O)C4=C(NC3=O)C(=O)CCC4CC=C(C)C)c[nH]c12. The molecule has 0 spiro atoms. The Morgan fingerprint density at radius 2 is 1.83 bits per heavy atom. The van der Waals surface area contributed by atoms with Gasteiger partial charge in [0, 0.05) is 35.6 Å². The molecule has 1 aliphatic carbocycles. The number of phenolic OH excluding ortho intramolecular Hbond substituents is 1. The molecular weight excluding hydrogens is 442 g/mol. The van der Waals surface area contributed by atoms with Gasteiger partial charge < -0.3 is 20.7 Å². The van der Waals surface area contributed by atoms with Crippen LogP contribution in [0.3, 0.4) is 0 Å². The third-order valence-electron chi connectivity index (χ3n) is 6.76. The molecule has 7 heteroatoms. The van der Waals surface area contributed by atoms with Gasteiger partial charge in [-0.05, 0) is 70.6 Å². The number of phenols is 1. The second-order valence-corrected chi connectivity index (χ2v) is 9.97. The summed E-state index contributed by atoms with van der Waals surface area (Å²) in [5, 5.41) is 16.9. The summed E-state index contributed by atoms with van der Waals surface area (Å²) >= 11 is 0. The Morgan fingerprint density at radius 1 is 1.09 bits per heavy atom. The zero-order valence-electron chi connectivity index (χ0n) is 20.7. The van der Waals surface area contributed by atoms with Gasteiger partial charge in [-0.3, -0.25) is 14.4 Å². The Morgan fingerprint density at radius 3 is 2.54 bits per heavy atom. The molecule has 184 valence electrons. The Bertz CT molecular complexity index is 1290. The molecule has 1 aromatic heterocycles. The quantitative estimate of drug-likeness (QED) is 0.471. The Balaban J connectivity index is 1.62. The molecule has 4 N–H and O–H groups in total. The highest BCUT2D eigenvalue weighted by Gasteiger charge is 2.38. The maximum absolute atomic E-state index is 13.3. The number of nitrogens with one attached hydrogen (secondary N) is 3. The number of fused-ring (bicyclic) bond motifs is 1. The summed E-state index contributed by atoms with van der Waals surface area (Å²) in [7, 11) is 0. The van der Waals surface area contributed by atoms with E-state index in [1.54, 1.807) is 6.07 Å². The summed E-state index contributed by atoms with van der Waals surface area (Å²) in [5.41, 5.74) is 5.30. The van der Waals surface area contributed by atoms with Gasteiger partial charge in [0.1, 0.15) is 11.8 Å². The van der Waals surface area contributed by atoms with Crippen molar-refractivity contribution in [2.45, 2.75) is 65.8 Å². The Hall–Kier alpha value is -3.61. The predicted molar refractivity (Wildman–Crippen MR) is 136 cm³/mol. The monoisotopic (exact) mass is 475 g/mol. The minimum atomic E-state index is -0.820. The van der Waals surface area contributed by atoms with Crippen LogP contribution in [-0.4, -0.2) is 33.7 Å². The first kappa shape index (κ1) is 24.5. The lowest BCUT2D eigenvalue weighted by molar-refractivity contribution is -0.126. The van der Waals surface area contributed by atoms with Crippen molar-refractivity contribution < 1.29 is 19.5 Å². The van der Waals surface area contributed by atoms with E-state index in [2.05, 4.69) is 21.7 Å². The molecule has 7 nitrogen and oxygen atoms in total. The number of aromatic hydroxyl groups is 1. The van der Waals surface area contributed by atoms with Crippen molar-refractivity contribution >= 4 is 28.5 Å². The Kier molecular flexibility index (Phi) is 6.96. The van der Waals surface area contributed by atoms with Gasteiger partial charge >= 0.3 is 0 Å². The van der Waals surface area contributed by atoms with Crippen LogP contribution < -0.4 is 10.6 Å². The highest BCUT2D eigenvalue weighted by atomic mass is 16.3. The number of hydrogen-bond acceptors (Lipinski definition) is 4. The van der Waals surface area contributed by atoms with Crippen molar-refractivity contribution in [3.63, 3.8) is 0 Å². The number of Topliss-reactive ketones (excluding diaryl/α,β-unsaturated/α-hetero) is 1. The lowest BCUT2D eigenvalue weighted by Gasteiger charge is -2.24. The molecule has 2 unspecified atom stereocenters. The maximum atomic E-state index is 13.3. The number of amides is 2. The molecule has 0 radical (unpaired) electrons. The number of carbonyl (C=O) groups excluding carboxylic acids is 3. The third-order valence-corrected chi connectivity index (χ3v) is 6.76. The van der Waals surface area contributed by atoms with Crippen LogP contribution in [0.2, 0.25) is 0 Å². The smallest absolute Gasteiger partial charge is 0.250 e. The molecule has 2 aromatic rings. The Labute approximate surface area is 205 Å². The van der Waals surface area contributed by atoms with Crippen LogP contribution in [0, 0.1) is 5.92 Å². The average molecular weight is 476 g/mol. The molecule has 0 saturated heterocycles. The van der Waals surface area contributed by atoms with E-state index in [0.717, 1.165) is 33.2 Å². The van der Waals surface area contributed by atoms with Gasteiger partial charge in [0.25, 0.3) is 0 Å². The molecule has 2 atom stereocenters. The van der Waals surface area contributed by atoms with Crippen LogP contribution in [0.5, 0.6) is 5.75 Å². The number of hydrogen-bond donors (Lipinski definition) is 4. The molecule has 0 bridgehead atoms. The molecule has 2 amide bonds.